The second kappa shape index (κ2) is 9.44. The van der Waals surface area contributed by atoms with Gasteiger partial charge in [-0.25, -0.2) is 0 Å². The Morgan fingerprint density at radius 2 is 1.39 bits per heavy atom. The molecule has 0 saturated heterocycles. The molecule has 2 rings (SSSR count). The van der Waals surface area contributed by atoms with E-state index in [0.717, 1.165) is 5.92 Å². The summed E-state index contributed by atoms with van der Waals surface area (Å²) >= 11 is 2.56. The average Bonchev–Trinajstić information content (AvgIpc) is 2.59. The van der Waals surface area contributed by atoms with Crippen LogP contribution in [0.4, 0.5) is 0 Å². The summed E-state index contributed by atoms with van der Waals surface area (Å²) in [5, 5.41) is 0. The quantitative estimate of drug-likeness (QED) is 0.322. The lowest BCUT2D eigenvalue weighted by atomic mass is 9.74. The molecule has 0 unspecified atom stereocenters. The lowest BCUT2D eigenvalue weighted by Gasteiger charge is -2.31. The molecular weight excluding hydrogens is 391 g/mol. The topological polar surface area (TPSA) is 0 Å². The van der Waals surface area contributed by atoms with Gasteiger partial charge in [0.15, 0.2) is 0 Å². The zero-order valence-corrected chi connectivity index (χ0v) is 17.9. The molecule has 1 saturated carbocycles. The van der Waals surface area contributed by atoms with E-state index in [0.29, 0.717) is 0 Å². The van der Waals surface area contributed by atoms with Crippen molar-refractivity contribution in [2.24, 2.45) is 0 Å². The van der Waals surface area contributed by atoms with Crippen molar-refractivity contribution in [2.45, 2.75) is 97.8 Å². The third-order valence-corrected chi connectivity index (χ3v) is 6.39. The van der Waals surface area contributed by atoms with Gasteiger partial charge in [0.1, 0.15) is 0 Å². The fraction of sp³-hybridized carbons (Fsp3) is 0.727. The van der Waals surface area contributed by atoms with Gasteiger partial charge in [-0.3, -0.25) is 0 Å². The van der Waals surface area contributed by atoms with Gasteiger partial charge in [0.05, 0.1) is 0 Å². The van der Waals surface area contributed by atoms with Crippen molar-refractivity contribution in [1.82, 2.24) is 0 Å². The zero-order chi connectivity index (χ0) is 16.8. The van der Waals surface area contributed by atoms with Crippen LogP contribution in [0.3, 0.4) is 0 Å². The standard InChI is InChI=1S/C22H35I/c1-5-11-20-16(4)21(14-15-23)19(7-3)22(18(20)6-2)17-12-9-8-10-13-17/h17H,5-15H2,1-4H3. The molecule has 1 heteroatoms. The molecule has 0 N–H and O–H groups in total. The number of alkyl halides is 1. The summed E-state index contributed by atoms with van der Waals surface area (Å²) < 4.78 is 1.24. The summed E-state index contributed by atoms with van der Waals surface area (Å²) in [6, 6.07) is 0. The van der Waals surface area contributed by atoms with Crippen molar-refractivity contribution >= 4 is 22.6 Å². The molecule has 0 bridgehead atoms. The van der Waals surface area contributed by atoms with Crippen LogP contribution in [0, 0.1) is 6.92 Å². The SMILES string of the molecule is CCCc1c(C)c(CCI)c(CC)c(C2CCCCC2)c1CC. The Balaban J connectivity index is 2.67. The van der Waals surface area contributed by atoms with E-state index in [1.54, 1.807) is 27.8 Å². The number of benzene rings is 1. The van der Waals surface area contributed by atoms with Crippen LogP contribution >= 0.6 is 22.6 Å². The van der Waals surface area contributed by atoms with Crippen molar-refractivity contribution in [3.05, 3.63) is 33.4 Å². The van der Waals surface area contributed by atoms with Crippen LogP contribution in [0.2, 0.25) is 0 Å². The molecule has 1 aliphatic carbocycles. The van der Waals surface area contributed by atoms with Gasteiger partial charge in [-0.1, -0.05) is 69.0 Å². The summed E-state index contributed by atoms with van der Waals surface area (Å²) in [6.45, 7) is 9.52. The minimum atomic E-state index is 0.845. The molecule has 0 nitrogen and oxygen atoms in total. The molecule has 1 aromatic carbocycles. The van der Waals surface area contributed by atoms with E-state index in [-0.39, 0.29) is 0 Å². The molecule has 0 heterocycles. The molecule has 0 spiro atoms. The summed E-state index contributed by atoms with van der Waals surface area (Å²) in [5.74, 6) is 0.845. The lowest BCUT2D eigenvalue weighted by molar-refractivity contribution is 0.439. The number of rotatable bonds is 7. The van der Waals surface area contributed by atoms with Crippen molar-refractivity contribution in [3.63, 3.8) is 0 Å². The molecule has 1 aromatic rings. The van der Waals surface area contributed by atoms with E-state index < -0.39 is 0 Å². The van der Waals surface area contributed by atoms with Gasteiger partial charge >= 0.3 is 0 Å². The summed E-state index contributed by atoms with van der Waals surface area (Å²) in [6.07, 6.45) is 13.4. The lowest BCUT2D eigenvalue weighted by Crippen LogP contribution is -2.16. The van der Waals surface area contributed by atoms with Crippen molar-refractivity contribution < 1.29 is 0 Å². The Morgan fingerprint density at radius 3 is 1.87 bits per heavy atom. The molecule has 1 fully saturated rings. The molecule has 130 valence electrons. The Bertz CT molecular complexity index is 474. The molecule has 0 atom stereocenters. The van der Waals surface area contributed by atoms with Crippen LogP contribution in [-0.4, -0.2) is 4.43 Å². The van der Waals surface area contributed by atoms with Crippen molar-refractivity contribution in [1.29, 1.82) is 0 Å². The first-order valence-corrected chi connectivity index (χ1v) is 11.4. The monoisotopic (exact) mass is 426 g/mol. The predicted molar refractivity (Wildman–Crippen MR) is 112 cm³/mol. The molecule has 0 radical (unpaired) electrons. The number of halogens is 1. The molecule has 0 aliphatic heterocycles. The largest absolute Gasteiger partial charge is 0.0860 e. The van der Waals surface area contributed by atoms with Gasteiger partial charge in [-0.15, -0.1) is 0 Å². The van der Waals surface area contributed by atoms with E-state index in [2.05, 4.69) is 50.3 Å². The highest BCUT2D eigenvalue weighted by molar-refractivity contribution is 14.1. The minimum Gasteiger partial charge on any atom is -0.0860 e. The van der Waals surface area contributed by atoms with Gasteiger partial charge in [0.25, 0.3) is 0 Å². The molecule has 23 heavy (non-hydrogen) atoms. The van der Waals surface area contributed by atoms with Crippen molar-refractivity contribution in [2.75, 3.05) is 4.43 Å². The van der Waals surface area contributed by atoms with Gasteiger partial charge in [0, 0.05) is 4.43 Å². The Morgan fingerprint density at radius 1 is 0.826 bits per heavy atom. The fourth-order valence-electron chi connectivity index (χ4n) is 4.86. The summed E-state index contributed by atoms with van der Waals surface area (Å²) in [7, 11) is 0. The Labute approximate surface area is 158 Å². The normalized spacial score (nSPS) is 16.0. The van der Waals surface area contributed by atoms with Crippen molar-refractivity contribution in [3.8, 4) is 0 Å². The van der Waals surface area contributed by atoms with Gasteiger partial charge in [-0.2, -0.15) is 0 Å². The smallest absolute Gasteiger partial charge is 0.00360 e. The minimum absolute atomic E-state index is 0.845. The molecule has 0 amide bonds. The molecular formula is C22H35I. The summed E-state index contributed by atoms with van der Waals surface area (Å²) in [4.78, 5) is 0. The van der Waals surface area contributed by atoms with Gasteiger partial charge < -0.3 is 0 Å². The van der Waals surface area contributed by atoms with Crippen LogP contribution < -0.4 is 0 Å². The maximum Gasteiger partial charge on any atom is 0.00360 e. The molecule has 0 aromatic heterocycles. The van der Waals surface area contributed by atoms with E-state index in [9.17, 15) is 0 Å². The Hall–Kier alpha value is -0.0500. The maximum absolute atomic E-state index is 2.56. The third-order valence-electron chi connectivity index (χ3n) is 5.85. The van der Waals surface area contributed by atoms with Crippen LogP contribution in [0.15, 0.2) is 0 Å². The zero-order valence-electron chi connectivity index (χ0n) is 15.7. The Kier molecular flexibility index (Phi) is 7.91. The van der Waals surface area contributed by atoms with Gasteiger partial charge in [0.2, 0.25) is 0 Å². The van der Waals surface area contributed by atoms with Crippen LogP contribution in [-0.2, 0) is 25.7 Å². The first-order chi connectivity index (χ1) is 11.2. The van der Waals surface area contributed by atoms with E-state index in [1.165, 1.54) is 68.6 Å². The van der Waals surface area contributed by atoms with Crippen LogP contribution in [0.25, 0.3) is 0 Å². The predicted octanol–water partition coefficient (Wildman–Crippen LogP) is 7.10. The highest BCUT2D eigenvalue weighted by Gasteiger charge is 2.25. The first-order valence-electron chi connectivity index (χ1n) is 9.91. The van der Waals surface area contributed by atoms with E-state index in [1.807, 2.05) is 5.56 Å². The maximum atomic E-state index is 2.56. The summed E-state index contributed by atoms with van der Waals surface area (Å²) in [5.41, 5.74) is 10.4. The van der Waals surface area contributed by atoms with Gasteiger partial charge in [-0.05, 0) is 84.7 Å². The second-order valence-electron chi connectivity index (χ2n) is 7.18. The van der Waals surface area contributed by atoms with E-state index >= 15 is 0 Å². The highest BCUT2D eigenvalue weighted by atomic mass is 127. The molecule has 1 aliphatic rings. The number of hydrogen-bond donors (Lipinski definition) is 0. The van der Waals surface area contributed by atoms with Crippen LogP contribution in [0.1, 0.15) is 98.6 Å². The number of hydrogen-bond acceptors (Lipinski definition) is 0. The fourth-order valence-corrected chi connectivity index (χ4v) is 5.39. The second-order valence-corrected chi connectivity index (χ2v) is 8.26. The van der Waals surface area contributed by atoms with E-state index in [4.69, 9.17) is 0 Å². The highest BCUT2D eigenvalue weighted by Crippen LogP contribution is 2.41. The third kappa shape index (κ3) is 4.14. The van der Waals surface area contributed by atoms with Crippen LogP contribution in [0.5, 0.6) is 0 Å². The average molecular weight is 426 g/mol. The first kappa shape index (κ1) is 19.3.